The van der Waals surface area contributed by atoms with Crippen LogP contribution in [0.25, 0.3) is 0 Å². The number of rotatable bonds is 9. The van der Waals surface area contributed by atoms with Crippen LogP contribution < -0.4 is 5.73 Å². The molecule has 0 aliphatic carbocycles. The molecular weight excluding hydrogens is 260 g/mol. The molecule has 0 aromatic rings. The standard InChI is InChI=1S/C18H38N2O/c1-14(2)12-20(13-15(3)4)17(21)9-8-16(10-11-19)18(5,6)7/h14-16H,8-13,19H2,1-7H3. The Balaban J connectivity index is 4.58. The van der Waals surface area contributed by atoms with Crippen molar-refractivity contribution in [2.45, 2.75) is 67.7 Å². The zero-order chi connectivity index (χ0) is 16.6. The molecule has 3 nitrogen and oxygen atoms in total. The van der Waals surface area contributed by atoms with Crippen LogP contribution in [0.1, 0.15) is 67.7 Å². The zero-order valence-electron chi connectivity index (χ0n) is 15.4. The molecule has 0 aromatic heterocycles. The van der Waals surface area contributed by atoms with Crippen LogP contribution in [-0.2, 0) is 4.79 Å². The van der Waals surface area contributed by atoms with Gasteiger partial charge in [-0.05, 0) is 42.6 Å². The normalized spacial score (nSPS) is 13.8. The third kappa shape index (κ3) is 9.13. The van der Waals surface area contributed by atoms with Gasteiger partial charge in [0.2, 0.25) is 5.91 Å². The molecule has 0 radical (unpaired) electrons. The highest BCUT2D eigenvalue weighted by Gasteiger charge is 2.25. The third-order valence-electron chi connectivity index (χ3n) is 3.97. The molecule has 0 rings (SSSR count). The Hall–Kier alpha value is -0.570. The van der Waals surface area contributed by atoms with Crippen LogP contribution in [0.5, 0.6) is 0 Å². The van der Waals surface area contributed by atoms with Crippen molar-refractivity contribution >= 4 is 5.91 Å². The van der Waals surface area contributed by atoms with Crippen LogP contribution >= 0.6 is 0 Å². The molecule has 0 aliphatic rings. The Morgan fingerprint density at radius 3 is 1.81 bits per heavy atom. The van der Waals surface area contributed by atoms with Crippen molar-refractivity contribution in [3.63, 3.8) is 0 Å². The first-order valence-corrected chi connectivity index (χ1v) is 8.55. The molecule has 0 bridgehead atoms. The van der Waals surface area contributed by atoms with E-state index >= 15 is 0 Å². The van der Waals surface area contributed by atoms with Crippen molar-refractivity contribution in [3.05, 3.63) is 0 Å². The van der Waals surface area contributed by atoms with Crippen molar-refractivity contribution in [2.24, 2.45) is 28.9 Å². The molecule has 0 aliphatic heterocycles. The molecule has 0 aromatic carbocycles. The van der Waals surface area contributed by atoms with Gasteiger partial charge in [-0.15, -0.1) is 0 Å². The van der Waals surface area contributed by atoms with E-state index in [2.05, 4.69) is 53.4 Å². The molecule has 3 heteroatoms. The van der Waals surface area contributed by atoms with Crippen molar-refractivity contribution in [2.75, 3.05) is 19.6 Å². The molecule has 2 N–H and O–H groups in total. The fourth-order valence-electron chi connectivity index (χ4n) is 2.83. The van der Waals surface area contributed by atoms with Gasteiger partial charge in [0.15, 0.2) is 0 Å². The number of amides is 1. The largest absolute Gasteiger partial charge is 0.342 e. The Morgan fingerprint density at radius 1 is 1.00 bits per heavy atom. The molecule has 126 valence electrons. The first kappa shape index (κ1) is 20.4. The Labute approximate surface area is 132 Å². The molecule has 0 heterocycles. The number of carbonyl (C=O) groups is 1. The highest BCUT2D eigenvalue weighted by Crippen LogP contribution is 2.32. The summed E-state index contributed by atoms with van der Waals surface area (Å²) in [7, 11) is 0. The van der Waals surface area contributed by atoms with Crippen LogP contribution in [0.3, 0.4) is 0 Å². The second-order valence-electron chi connectivity index (χ2n) is 8.27. The van der Waals surface area contributed by atoms with Gasteiger partial charge in [-0.1, -0.05) is 48.5 Å². The van der Waals surface area contributed by atoms with E-state index < -0.39 is 0 Å². The van der Waals surface area contributed by atoms with Gasteiger partial charge in [-0.25, -0.2) is 0 Å². The van der Waals surface area contributed by atoms with E-state index in [1.54, 1.807) is 0 Å². The number of hydrogen-bond acceptors (Lipinski definition) is 2. The predicted molar refractivity (Wildman–Crippen MR) is 92.1 cm³/mol. The summed E-state index contributed by atoms with van der Waals surface area (Å²) in [6, 6.07) is 0. The van der Waals surface area contributed by atoms with E-state index in [4.69, 9.17) is 5.73 Å². The lowest BCUT2D eigenvalue weighted by atomic mass is 9.76. The van der Waals surface area contributed by atoms with Gasteiger partial charge in [0.1, 0.15) is 0 Å². The second kappa shape index (κ2) is 9.45. The topological polar surface area (TPSA) is 46.3 Å². The molecule has 1 atom stereocenters. The lowest BCUT2D eigenvalue weighted by molar-refractivity contribution is -0.132. The van der Waals surface area contributed by atoms with E-state index in [0.717, 1.165) is 25.9 Å². The van der Waals surface area contributed by atoms with Crippen molar-refractivity contribution < 1.29 is 4.79 Å². The lowest BCUT2D eigenvalue weighted by Crippen LogP contribution is -2.37. The fourth-order valence-corrected chi connectivity index (χ4v) is 2.83. The summed E-state index contributed by atoms with van der Waals surface area (Å²) < 4.78 is 0. The lowest BCUT2D eigenvalue weighted by Gasteiger charge is -2.32. The summed E-state index contributed by atoms with van der Waals surface area (Å²) >= 11 is 0. The monoisotopic (exact) mass is 298 g/mol. The summed E-state index contributed by atoms with van der Waals surface area (Å²) in [6.45, 7) is 17.9. The van der Waals surface area contributed by atoms with Crippen LogP contribution in [0.2, 0.25) is 0 Å². The number of nitrogens with two attached hydrogens (primary N) is 1. The van der Waals surface area contributed by atoms with Crippen LogP contribution in [0.15, 0.2) is 0 Å². The van der Waals surface area contributed by atoms with Gasteiger partial charge >= 0.3 is 0 Å². The highest BCUT2D eigenvalue weighted by molar-refractivity contribution is 5.76. The smallest absolute Gasteiger partial charge is 0.222 e. The SMILES string of the molecule is CC(C)CN(CC(C)C)C(=O)CCC(CCN)C(C)(C)C. The Morgan fingerprint density at radius 2 is 1.48 bits per heavy atom. The number of carbonyl (C=O) groups excluding carboxylic acids is 1. The van der Waals surface area contributed by atoms with Crippen molar-refractivity contribution in [1.82, 2.24) is 4.90 Å². The van der Waals surface area contributed by atoms with Gasteiger partial charge in [-0.3, -0.25) is 4.79 Å². The van der Waals surface area contributed by atoms with Gasteiger partial charge in [0.25, 0.3) is 0 Å². The van der Waals surface area contributed by atoms with Crippen LogP contribution in [0, 0.1) is 23.2 Å². The van der Waals surface area contributed by atoms with Crippen molar-refractivity contribution in [1.29, 1.82) is 0 Å². The molecule has 0 spiro atoms. The molecule has 1 unspecified atom stereocenters. The van der Waals surface area contributed by atoms with Gasteiger partial charge in [0, 0.05) is 19.5 Å². The Kier molecular flexibility index (Phi) is 9.19. The molecule has 0 fully saturated rings. The quantitative estimate of drug-likeness (QED) is 0.701. The molecule has 1 amide bonds. The van der Waals surface area contributed by atoms with Crippen LogP contribution in [0.4, 0.5) is 0 Å². The summed E-state index contributed by atoms with van der Waals surface area (Å²) in [5.74, 6) is 1.88. The predicted octanol–water partition coefficient (Wildman–Crippen LogP) is 3.92. The molecule has 0 saturated heterocycles. The van der Waals surface area contributed by atoms with E-state index in [1.807, 2.05) is 0 Å². The maximum atomic E-state index is 12.5. The minimum Gasteiger partial charge on any atom is -0.342 e. The Bertz CT molecular complexity index is 282. The summed E-state index contributed by atoms with van der Waals surface area (Å²) in [5.41, 5.74) is 5.95. The van der Waals surface area contributed by atoms with Crippen LogP contribution in [-0.4, -0.2) is 30.4 Å². The minimum atomic E-state index is 0.223. The fraction of sp³-hybridized carbons (Fsp3) is 0.944. The van der Waals surface area contributed by atoms with E-state index in [1.165, 1.54) is 0 Å². The number of nitrogens with zero attached hydrogens (tertiary/aromatic N) is 1. The van der Waals surface area contributed by atoms with Gasteiger partial charge < -0.3 is 10.6 Å². The maximum Gasteiger partial charge on any atom is 0.222 e. The average molecular weight is 299 g/mol. The number of hydrogen-bond donors (Lipinski definition) is 1. The third-order valence-corrected chi connectivity index (χ3v) is 3.97. The first-order chi connectivity index (χ1) is 9.57. The van der Waals surface area contributed by atoms with E-state index in [9.17, 15) is 4.79 Å². The van der Waals surface area contributed by atoms with E-state index in [0.29, 0.717) is 36.6 Å². The van der Waals surface area contributed by atoms with E-state index in [-0.39, 0.29) is 5.41 Å². The van der Waals surface area contributed by atoms with Crippen molar-refractivity contribution in [3.8, 4) is 0 Å². The molecule has 21 heavy (non-hydrogen) atoms. The highest BCUT2D eigenvalue weighted by atomic mass is 16.2. The average Bonchev–Trinajstić information content (AvgIpc) is 2.30. The molecule has 0 saturated carbocycles. The summed E-state index contributed by atoms with van der Waals surface area (Å²) in [6.07, 6.45) is 2.61. The summed E-state index contributed by atoms with van der Waals surface area (Å²) in [4.78, 5) is 14.6. The van der Waals surface area contributed by atoms with Gasteiger partial charge in [-0.2, -0.15) is 0 Å². The maximum absolute atomic E-state index is 12.5. The minimum absolute atomic E-state index is 0.223. The second-order valence-corrected chi connectivity index (χ2v) is 8.27. The summed E-state index contributed by atoms with van der Waals surface area (Å²) in [5, 5.41) is 0. The van der Waals surface area contributed by atoms with Gasteiger partial charge in [0.05, 0.1) is 0 Å². The molecular formula is C18H38N2O. The first-order valence-electron chi connectivity index (χ1n) is 8.55. The zero-order valence-corrected chi connectivity index (χ0v) is 15.4.